The third kappa shape index (κ3) is 0.696. The van der Waals surface area contributed by atoms with Crippen molar-refractivity contribution in [2.45, 2.75) is 5.97 Å². The Labute approximate surface area is 56.8 Å². The van der Waals surface area contributed by atoms with Crippen LogP contribution >= 0.6 is 8.58 Å². The zero-order valence-corrected chi connectivity index (χ0v) is 6.79. The molecule has 0 aromatic carbocycles. The van der Waals surface area contributed by atoms with E-state index in [0.717, 1.165) is 8.58 Å². The molecule has 2 unspecified atom stereocenters. The fraction of sp³-hybridized carbons (Fsp3) is 0.333. The van der Waals surface area contributed by atoms with Crippen molar-refractivity contribution in [3.63, 3.8) is 0 Å². The van der Waals surface area contributed by atoms with E-state index in [1.165, 1.54) is 5.44 Å². The number of rotatable bonds is 0. The second kappa shape index (κ2) is 1.74. The Balaban J connectivity index is 0.000000245. The van der Waals surface area contributed by atoms with Gasteiger partial charge in [-0.05, 0) is 8.58 Å². The minimum Gasteiger partial charge on any atom is -0.472 e. The summed E-state index contributed by atoms with van der Waals surface area (Å²) >= 11 is 0. The van der Waals surface area contributed by atoms with E-state index in [0.29, 0.717) is 5.97 Å². The molecule has 2 atom stereocenters. The van der Waals surface area contributed by atoms with Gasteiger partial charge in [0.1, 0.15) is 6.26 Å². The van der Waals surface area contributed by atoms with Crippen LogP contribution in [0.15, 0.2) is 11.7 Å². The summed E-state index contributed by atoms with van der Waals surface area (Å²) in [6.45, 7) is 0. The molecule has 1 radical (unpaired) electrons. The first-order valence-electron chi connectivity index (χ1n) is 1.84. The molecule has 41 valence electrons. The fourth-order valence-corrected chi connectivity index (χ4v) is 1.32. The molecule has 1 saturated heterocycles. The average molecular weight is 293 g/mol. The molecule has 3 rings (SSSR count). The van der Waals surface area contributed by atoms with Crippen LogP contribution in [0.2, 0.25) is 0 Å². The zero-order valence-electron chi connectivity index (χ0n) is 3.40. The van der Waals surface area contributed by atoms with Crippen molar-refractivity contribution in [1.29, 1.82) is 0 Å². The van der Waals surface area contributed by atoms with Crippen molar-refractivity contribution in [2.75, 3.05) is 0 Å². The fourth-order valence-electron chi connectivity index (χ4n) is 0.555. The minimum atomic E-state index is 0. The second-order valence-electron chi connectivity index (χ2n) is 1.34. The molecule has 4 heteroatoms. The van der Waals surface area contributed by atoms with Crippen LogP contribution in [0.5, 0.6) is 0 Å². The summed E-state index contributed by atoms with van der Waals surface area (Å²) in [5.74, 6) is 0.375. The monoisotopic (exact) mass is 294 g/mol. The van der Waals surface area contributed by atoms with Gasteiger partial charge in [0.2, 0.25) is 0 Å². The van der Waals surface area contributed by atoms with Crippen molar-refractivity contribution in [3.8, 4) is 0 Å². The normalized spacial score (nSPS) is 34.3. The molecule has 1 fully saturated rings. The molecule has 0 aromatic heterocycles. The van der Waals surface area contributed by atoms with E-state index in [9.17, 15) is 0 Å². The van der Waals surface area contributed by atoms with E-state index in [4.69, 9.17) is 4.74 Å². The SMILES string of the molecule is C1=C2NC(O1)P2.[Ir]. The van der Waals surface area contributed by atoms with Gasteiger partial charge >= 0.3 is 0 Å². The summed E-state index contributed by atoms with van der Waals surface area (Å²) in [4.78, 5) is 0. The van der Waals surface area contributed by atoms with Gasteiger partial charge in [0.15, 0.2) is 5.97 Å². The molecule has 0 aromatic rings. The summed E-state index contributed by atoms with van der Waals surface area (Å²) in [6.07, 6.45) is 1.79. The predicted octanol–water partition coefficient (Wildman–Crippen LogP) is 0.378. The van der Waals surface area contributed by atoms with Crippen molar-refractivity contribution < 1.29 is 24.8 Å². The summed E-state index contributed by atoms with van der Waals surface area (Å²) in [5, 5.41) is 3.07. The van der Waals surface area contributed by atoms with E-state index in [2.05, 4.69) is 5.32 Å². The average Bonchev–Trinajstić information content (AvgIpc) is 1.72. The van der Waals surface area contributed by atoms with Gasteiger partial charge in [-0.2, -0.15) is 0 Å². The second-order valence-corrected chi connectivity index (χ2v) is 2.69. The summed E-state index contributed by atoms with van der Waals surface area (Å²) in [7, 11) is 0.907. The maximum absolute atomic E-state index is 4.97. The van der Waals surface area contributed by atoms with Crippen molar-refractivity contribution in [1.82, 2.24) is 5.32 Å². The van der Waals surface area contributed by atoms with Crippen LogP contribution < -0.4 is 5.32 Å². The van der Waals surface area contributed by atoms with E-state index in [-0.39, 0.29) is 20.1 Å². The van der Waals surface area contributed by atoms with Crippen LogP contribution in [0, 0.1) is 0 Å². The standard InChI is InChI=1S/C3H4NOP.Ir/c1-2-4-3(5-1)6-2;/h1,3-4,6H;. The van der Waals surface area contributed by atoms with E-state index >= 15 is 0 Å². The van der Waals surface area contributed by atoms with Gasteiger partial charge in [-0.15, -0.1) is 0 Å². The van der Waals surface area contributed by atoms with Gasteiger partial charge in [-0.3, -0.25) is 0 Å². The van der Waals surface area contributed by atoms with Crippen molar-refractivity contribution in [3.05, 3.63) is 11.7 Å². The molecule has 2 bridgehead atoms. The summed E-state index contributed by atoms with van der Waals surface area (Å²) < 4.78 is 4.97. The Morgan fingerprint density at radius 1 is 1.86 bits per heavy atom. The van der Waals surface area contributed by atoms with Gasteiger partial charge in [-0.1, -0.05) is 0 Å². The van der Waals surface area contributed by atoms with Gasteiger partial charge in [-0.25, -0.2) is 0 Å². The zero-order chi connectivity index (χ0) is 3.98. The smallest absolute Gasteiger partial charge is 0.190 e. The molecule has 0 aliphatic carbocycles. The topological polar surface area (TPSA) is 21.3 Å². The van der Waals surface area contributed by atoms with Crippen molar-refractivity contribution >= 4 is 8.58 Å². The number of hydrogen-bond acceptors (Lipinski definition) is 2. The third-order valence-electron chi connectivity index (χ3n) is 0.895. The molecule has 3 aliphatic rings. The molecular formula is C3H4IrNOP. The number of ether oxygens (including phenoxy) is 1. The van der Waals surface area contributed by atoms with Gasteiger partial charge < -0.3 is 10.1 Å². The first-order chi connectivity index (χ1) is 2.95. The molecule has 0 spiro atoms. The van der Waals surface area contributed by atoms with Crippen LogP contribution in [-0.2, 0) is 24.8 Å². The van der Waals surface area contributed by atoms with Crippen LogP contribution in [0.1, 0.15) is 0 Å². The first kappa shape index (κ1) is 5.55. The van der Waals surface area contributed by atoms with Crippen LogP contribution in [0.25, 0.3) is 0 Å². The Morgan fingerprint density at radius 2 is 2.57 bits per heavy atom. The molecular weight excluding hydrogens is 289 g/mol. The Hall–Kier alpha value is 0.419. The summed E-state index contributed by atoms with van der Waals surface area (Å²) in [5.41, 5.74) is 1.28. The third-order valence-corrected chi connectivity index (χ3v) is 2.01. The largest absolute Gasteiger partial charge is 0.472 e. The molecule has 2 nitrogen and oxygen atoms in total. The molecule has 3 aliphatic heterocycles. The van der Waals surface area contributed by atoms with Crippen LogP contribution in [-0.4, -0.2) is 5.97 Å². The molecule has 3 heterocycles. The van der Waals surface area contributed by atoms with E-state index in [1.54, 1.807) is 6.26 Å². The Morgan fingerprint density at radius 3 is 2.71 bits per heavy atom. The first-order valence-corrected chi connectivity index (χ1v) is 2.91. The van der Waals surface area contributed by atoms with Gasteiger partial charge in [0, 0.05) is 20.1 Å². The number of fused-ring (bicyclic) bond motifs is 1. The number of nitrogens with one attached hydrogen (secondary N) is 1. The Bertz CT molecular complexity index is 105. The van der Waals surface area contributed by atoms with E-state index < -0.39 is 0 Å². The molecule has 7 heavy (non-hydrogen) atoms. The Kier molecular flexibility index (Phi) is 1.38. The predicted molar refractivity (Wildman–Crippen MR) is 24.4 cm³/mol. The van der Waals surface area contributed by atoms with Gasteiger partial charge in [0.25, 0.3) is 0 Å². The van der Waals surface area contributed by atoms with Gasteiger partial charge in [0.05, 0.1) is 5.44 Å². The molecule has 1 N–H and O–H groups in total. The molecule has 0 amide bonds. The van der Waals surface area contributed by atoms with Crippen LogP contribution in [0.3, 0.4) is 0 Å². The maximum Gasteiger partial charge on any atom is 0.190 e. The quantitative estimate of drug-likeness (QED) is 0.652. The van der Waals surface area contributed by atoms with Crippen LogP contribution in [0.4, 0.5) is 0 Å². The van der Waals surface area contributed by atoms with Crippen molar-refractivity contribution in [2.24, 2.45) is 0 Å². The summed E-state index contributed by atoms with van der Waals surface area (Å²) in [6, 6.07) is 0. The van der Waals surface area contributed by atoms with E-state index in [1.807, 2.05) is 0 Å². The minimum absolute atomic E-state index is 0. The maximum atomic E-state index is 4.97. The molecule has 0 saturated carbocycles. The number of hydrogen-bond donors (Lipinski definition) is 1.